The Hall–Kier alpha value is -3.08. The van der Waals surface area contributed by atoms with E-state index in [1.165, 1.54) is 12.1 Å². The molecule has 0 saturated carbocycles. The Bertz CT molecular complexity index is 895. The average molecular weight is 347 g/mol. The molecule has 1 saturated heterocycles. The van der Waals surface area contributed by atoms with Crippen LogP contribution in [0.5, 0.6) is 0 Å². The molecule has 4 rings (SSSR count). The van der Waals surface area contributed by atoms with Crippen LogP contribution in [-0.4, -0.2) is 27.3 Å². The Labute approximate surface area is 151 Å². The molecule has 2 heterocycles. The fraction of sp³-hybridized carbons (Fsp3) is 0.190. The number of amides is 1. The van der Waals surface area contributed by atoms with Gasteiger partial charge in [-0.15, -0.1) is 0 Å². The lowest BCUT2D eigenvalue weighted by Crippen LogP contribution is -2.30. The minimum absolute atomic E-state index is 0.0306. The molecule has 1 fully saturated rings. The third kappa shape index (κ3) is 3.20. The molecule has 4 nitrogen and oxygen atoms in total. The van der Waals surface area contributed by atoms with Crippen molar-refractivity contribution >= 4 is 5.91 Å². The largest absolute Gasteiger partial charge is 0.332 e. The van der Waals surface area contributed by atoms with Crippen molar-refractivity contribution in [3.8, 4) is 11.4 Å². The highest BCUT2D eigenvalue weighted by atomic mass is 19.1. The average Bonchev–Trinajstić information content (AvgIpc) is 3.19. The monoisotopic (exact) mass is 347 g/mol. The first kappa shape index (κ1) is 16.4. The maximum absolute atomic E-state index is 13.2. The second-order valence-corrected chi connectivity index (χ2v) is 6.37. The van der Waals surface area contributed by atoms with Crippen LogP contribution in [0.3, 0.4) is 0 Å². The van der Waals surface area contributed by atoms with Crippen molar-refractivity contribution in [1.29, 1.82) is 0 Å². The highest BCUT2D eigenvalue weighted by molar-refractivity contribution is 5.94. The maximum Gasteiger partial charge on any atom is 0.257 e. The molecular formula is C21H18FN3O. The normalized spacial score (nSPS) is 16.7. The summed E-state index contributed by atoms with van der Waals surface area (Å²) in [5, 5.41) is 0. The predicted octanol–water partition coefficient (Wildman–Crippen LogP) is 4.26. The number of hydrogen-bond donors (Lipinski definition) is 0. The van der Waals surface area contributed by atoms with Gasteiger partial charge in [-0.25, -0.2) is 14.4 Å². The number of nitrogens with zero attached hydrogens (tertiary/aromatic N) is 3. The third-order valence-electron chi connectivity index (χ3n) is 4.70. The topological polar surface area (TPSA) is 46.1 Å². The van der Waals surface area contributed by atoms with Gasteiger partial charge in [0.15, 0.2) is 5.82 Å². The minimum Gasteiger partial charge on any atom is -0.332 e. The molecule has 0 aliphatic carbocycles. The summed E-state index contributed by atoms with van der Waals surface area (Å²) in [5.74, 6) is 0.240. The Morgan fingerprint density at radius 2 is 1.69 bits per heavy atom. The van der Waals surface area contributed by atoms with Gasteiger partial charge in [-0.05, 0) is 30.5 Å². The van der Waals surface area contributed by atoms with Crippen molar-refractivity contribution in [3.05, 3.63) is 83.9 Å². The lowest BCUT2D eigenvalue weighted by Gasteiger charge is -2.25. The summed E-state index contributed by atoms with van der Waals surface area (Å²) in [6.07, 6.45) is 4.96. The van der Waals surface area contributed by atoms with Crippen LogP contribution in [-0.2, 0) is 0 Å². The summed E-state index contributed by atoms with van der Waals surface area (Å²) in [6.45, 7) is 0.682. The van der Waals surface area contributed by atoms with Crippen molar-refractivity contribution in [2.24, 2.45) is 0 Å². The molecule has 0 spiro atoms. The number of carbonyl (C=O) groups is 1. The van der Waals surface area contributed by atoms with E-state index in [2.05, 4.69) is 9.97 Å². The van der Waals surface area contributed by atoms with Gasteiger partial charge in [0.25, 0.3) is 5.91 Å². The zero-order chi connectivity index (χ0) is 17.9. The summed E-state index contributed by atoms with van der Waals surface area (Å²) in [4.78, 5) is 23.4. The molecule has 0 N–H and O–H groups in total. The van der Waals surface area contributed by atoms with E-state index < -0.39 is 0 Å². The Kier molecular flexibility index (Phi) is 4.44. The predicted molar refractivity (Wildman–Crippen MR) is 96.9 cm³/mol. The smallest absolute Gasteiger partial charge is 0.257 e. The molecule has 5 heteroatoms. The van der Waals surface area contributed by atoms with Crippen molar-refractivity contribution in [2.75, 3.05) is 6.54 Å². The number of hydrogen-bond acceptors (Lipinski definition) is 3. The molecule has 130 valence electrons. The van der Waals surface area contributed by atoms with E-state index >= 15 is 0 Å². The second kappa shape index (κ2) is 7.04. The number of halogens is 1. The quantitative estimate of drug-likeness (QED) is 0.711. The van der Waals surface area contributed by atoms with Crippen LogP contribution < -0.4 is 0 Å². The van der Waals surface area contributed by atoms with Crippen LogP contribution >= 0.6 is 0 Å². The lowest BCUT2D eigenvalue weighted by atomic mass is 10.0. The molecule has 1 amide bonds. The molecule has 1 aromatic heterocycles. The van der Waals surface area contributed by atoms with Crippen LogP contribution in [0.1, 0.15) is 34.8 Å². The van der Waals surface area contributed by atoms with Gasteiger partial charge >= 0.3 is 0 Å². The number of aromatic nitrogens is 2. The zero-order valence-corrected chi connectivity index (χ0v) is 14.2. The van der Waals surface area contributed by atoms with E-state index in [0.29, 0.717) is 17.9 Å². The van der Waals surface area contributed by atoms with Crippen molar-refractivity contribution in [3.63, 3.8) is 0 Å². The molecular weight excluding hydrogens is 329 g/mol. The highest BCUT2D eigenvalue weighted by Crippen LogP contribution is 2.33. The first-order chi connectivity index (χ1) is 12.7. The van der Waals surface area contributed by atoms with Crippen LogP contribution in [0, 0.1) is 5.82 Å². The molecule has 1 atom stereocenters. The zero-order valence-electron chi connectivity index (χ0n) is 14.2. The summed E-state index contributed by atoms with van der Waals surface area (Å²) in [6, 6.07) is 16.0. The van der Waals surface area contributed by atoms with E-state index in [1.807, 2.05) is 35.2 Å². The molecule has 0 unspecified atom stereocenters. The minimum atomic E-state index is -0.269. The van der Waals surface area contributed by atoms with Crippen molar-refractivity contribution in [2.45, 2.75) is 18.9 Å². The van der Waals surface area contributed by atoms with Crippen molar-refractivity contribution in [1.82, 2.24) is 14.9 Å². The summed E-state index contributed by atoms with van der Waals surface area (Å²) < 4.78 is 13.2. The fourth-order valence-corrected chi connectivity index (χ4v) is 3.38. The van der Waals surface area contributed by atoms with Crippen LogP contribution in [0.4, 0.5) is 4.39 Å². The van der Waals surface area contributed by atoms with Crippen LogP contribution in [0.2, 0.25) is 0 Å². The van der Waals surface area contributed by atoms with Crippen LogP contribution in [0.25, 0.3) is 11.4 Å². The number of benzene rings is 2. The molecule has 0 bridgehead atoms. The molecule has 2 aromatic carbocycles. The molecule has 3 aromatic rings. The van der Waals surface area contributed by atoms with Gasteiger partial charge in [-0.1, -0.05) is 42.5 Å². The maximum atomic E-state index is 13.2. The second-order valence-electron chi connectivity index (χ2n) is 6.37. The molecule has 1 aliphatic rings. The number of likely N-dealkylation sites (tertiary alicyclic amines) is 1. The van der Waals surface area contributed by atoms with Gasteiger partial charge in [0.1, 0.15) is 5.82 Å². The van der Waals surface area contributed by atoms with E-state index in [1.54, 1.807) is 24.5 Å². The number of carbonyl (C=O) groups excluding carboxylic acids is 1. The van der Waals surface area contributed by atoms with Gasteiger partial charge in [-0.2, -0.15) is 0 Å². The van der Waals surface area contributed by atoms with E-state index in [0.717, 1.165) is 24.0 Å². The number of rotatable bonds is 3. The van der Waals surface area contributed by atoms with E-state index in [4.69, 9.17) is 0 Å². The Morgan fingerprint density at radius 3 is 2.38 bits per heavy atom. The Morgan fingerprint density at radius 1 is 1.00 bits per heavy atom. The van der Waals surface area contributed by atoms with Crippen LogP contribution in [0.15, 0.2) is 67.0 Å². The summed E-state index contributed by atoms with van der Waals surface area (Å²) >= 11 is 0. The summed E-state index contributed by atoms with van der Waals surface area (Å²) in [7, 11) is 0. The van der Waals surface area contributed by atoms with Gasteiger partial charge in [0.2, 0.25) is 0 Å². The SMILES string of the molecule is O=C(c1cnc(-c2ccccc2)nc1)N1CCC[C@@H]1c1ccc(F)cc1. The molecule has 26 heavy (non-hydrogen) atoms. The third-order valence-corrected chi connectivity index (χ3v) is 4.70. The first-order valence-electron chi connectivity index (χ1n) is 8.66. The van der Waals surface area contributed by atoms with Gasteiger partial charge in [-0.3, -0.25) is 4.79 Å². The lowest BCUT2D eigenvalue weighted by molar-refractivity contribution is 0.0735. The first-order valence-corrected chi connectivity index (χ1v) is 8.66. The standard InChI is InChI=1S/C21H18FN3O/c22-18-10-8-15(9-11-18)19-7-4-12-25(19)21(26)17-13-23-20(24-14-17)16-5-2-1-3-6-16/h1-3,5-6,8-11,13-14,19H,4,7,12H2/t19-/m1/s1. The highest BCUT2D eigenvalue weighted by Gasteiger charge is 2.30. The Balaban J connectivity index is 1.55. The molecule has 0 radical (unpaired) electrons. The van der Waals surface area contributed by atoms with Gasteiger partial charge < -0.3 is 4.90 Å². The van der Waals surface area contributed by atoms with Gasteiger partial charge in [0, 0.05) is 24.5 Å². The van der Waals surface area contributed by atoms with Crippen molar-refractivity contribution < 1.29 is 9.18 Å². The van der Waals surface area contributed by atoms with E-state index in [9.17, 15) is 9.18 Å². The van der Waals surface area contributed by atoms with E-state index in [-0.39, 0.29) is 17.8 Å². The summed E-state index contributed by atoms with van der Waals surface area (Å²) in [5.41, 5.74) is 2.34. The molecule has 1 aliphatic heterocycles. The van der Waals surface area contributed by atoms with Gasteiger partial charge in [0.05, 0.1) is 11.6 Å². The fourth-order valence-electron chi connectivity index (χ4n) is 3.38.